The minimum Gasteiger partial charge on any atom is -0.383 e. The van der Waals surface area contributed by atoms with Crippen molar-refractivity contribution in [1.29, 1.82) is 0 Å². The van der Waals surface area contributed by atoms with Gasteiger partial charge in [-0.15, -0.1) is 11.3 Å². The van der Waals surface area contributed by atoms with Crippen LogP contribution < -0.4 is 11.2 Å². The third-order valence-electron chi connectivity index (χ3n) is 3.34. The predicted octanol–water partition coefficient (Wildman–Crippen LogP) is 4.27. The summed E-state index contributed by atoms with van der Waals surface area (Å²) in [6, 6.07) is 8.10. The average molecular weight is 332 g/mol. The Hall–Kier alpha value is -1.92. The summed E-state index contributed by atoms with van der Waals surface area (Å²) in [6.45, 7) is 3.63. The lowest BCUT2D eigenvalue weighted by atomic mass is 10.1. The minimum atomic E-state index is 0.504. The van der Waals surface area contributed by atoms with Crippen molar-refractivity contribution in [2.24, 2.45) is 5.10 Å². The highest BCUT2D eigenvalue weighted by molar-refractivity contribution is 7.14. The largest absolute Gasteiger partial charge is 0.383 e. The van der Waals surface area contributed by atoms with Crippen molar-refractivity contribution in [2.45, 2.75) is 39.2 Å². The Bertz CT molecular complexity index is 612. The van der Waals surface area contributed by atoms with Crippen molar-refractivity contribution in [3.8, 4) is 0 Å². The van der Waals surface area contributed by atoms with Crippen molar-refractivity contribution in [3.05, 3.63) is 40.8 Å². The molecule has 0 aliphatic rings. The monoisotopic (exact) mass is 332 g/mol. The molecule has 0 fully saturated rings. The second kappa shape index (κ2) is 9.97. The van der Waals surface area contributed by atoms with E-state index in [9.17, 15) is 0 Å². The maximum Gasteiger partial charge on any atom is 0.205 e. The molecule has 0 unspecified atom stereocenters. The van der Waals surface area contributed by atoms with Crippen LogP contribution in [0.3, 0.4) is 0 Å². The number of nitrogens with one attached hydrogen (secondary N) is 1. The summed E-state index contributed by atoms with van der Waals surface area (Å²) >= 11 is 1.43. The number of ether oxygens (including phenoxy) is 1. The van der Waals surface area contributed by atoms with Gasteiger partial charge >= 0.3 is 0 Å². The van der Waals surface area contributed by atoms with Crippen LogP contribution in [0.25, 0.3) is 0 Å². The molecular formula is C17H24N4OS. The van der Waals surface area contributed by atoms with Crippen molar-refractivity contribution >= 4 is 28.5 Å². The van der Waals surface area contributed by atoms with Gasteiger partial charge in [-0.3, -0.25) is 5.43 Å². The van der Waals surface area contributed by atoms with Gasteiger partial charge in [0.15, 0.2) is 0 Å². The average Bonchev–Trinajstić information content (AvgIpc) is 2.97. The number of aromatic nitrogens is 1. The van der Waals surface area contributed by atoms with Gasteiger partial charge in [-0.05, 0) is 12.0 Å². The minimum absolute atomic E-state index is 0.504. The number of nitrogens with zero attached hydrogens (tertiary/aromatic N) is 2. The van der Waals surface area contributed by atoms with E-state index in [4.69, 9.17) is 10.5 Å². The topological polar surface area (TPSA) is 72.5 Å². The number of hydrogen-bond acceptors (Lipinski definition) is 6. The van der Waals surface area contributed by atoms with Crippen molar-refractivity contribution < 1.29 is 4.74 Å². The predicted molar refractivity (Wildman–Crippen MR) is 98.0 cm³/mol. The summed E-state index contributed by atoms with van der Waals surface area (Å²) in [5.41, 5.74) is 10.6. The molecule has 124 valence electrons. The number of hydrogen-bond donors (Lipinski definition) is 2. The van der Waals surface area contributed by atoms with Crippen LogP contribution in [0.5, 0.6) is 0 Å². The van der Waals surface area contributed by atoms with Crippen molar-refractivity contribution in [3.63, 3.8) is 0 Å². The SMILES string of the molecule is CCCCCCOCc1ccccc1C=NNc1nc(N)cs1. The first kappa shape index (κ1) is 17.4. The Morgan fingerprint density at radius 2 is 2.17 bits per heavy atom. The molecule has 2 rings (SSSR count). The summed E-state index contributed by atoms with van der Waals surface area (Å²) in [7, 11) is 0. The van der Waals surface area contributed by atoms with E-state index in [1.165, 1.54) is 30.6 Å². The van der Waals surface area contributed by atoms with Crippen LogP contribution in [0.15, 0.2) is 34.7 Å². The Morgan fingerprint density at radius 1 is 1.30 bits per heavy atom. The number of anilines is 2. The van der Waals surface area contributed by atoms with Gasteiger partial charge in [0, 0.05) is 17.6 Å². The fourth-order valence-corrected chi connectivity index (χ4v) is 2.65. The maximum absolute atomic E-state index is 5.77. The third-order valence-corrected chi connectivity index (χ3v) is 4.11. The summed E-state index contributed by atoms with van der Waals surface area (Å²) in [6.07, 6.45) is 6.67. The molecule has 5 nitrogen and oxygen atoms in total. The zero-order valence-electron chi connectivity index (χ0n) is 13.5. The van der Waals surface area contributed by atoms with Crippen LogP contribution in [-0.4, -0.2) is 17.8 Å². The van der Waals surface area contributed by atoms with E-state index in [-0.39, 0.29) is 0 Å². The van der Waals surface area contributed by atoms with Crippen molar-refractivity contribution in [1.82, 2.24) is 4.98 Å². The van der Waals surface area contributed by atoms with Crippen molar-refractivity contribution in [2.75, 3.05) is 17.8 Å². The zero-order chi connectivity index (χ0) is 16.3. The molecule has 0 aliphatic carbocycles. The summed E-state index contributed by atoms with van der Waals surface area (Å²) in [4.78, 5) is 4.10. The normalized spacial score (nSPS) is 11.2. The van der Waals surface area contributed by atoms with E-state index < -0.39 is 0 Å². The number of rotatable bonds is 10. The molecule has 2 aromatic rings. The van der Waals surface area contributed by atoms with Crippen LogP contribution >= 0.6 is 11.3 Å². The Kier molecular flexibility index (Phi) is 7.56. The first-order chi connectivity index (χ1) is 11.3. The number of benzene rings is 1. The molecule has 0 atom stereocenters. The molecule has 23 heavy (non-hydrogen) atoms. The maximum atomic E-state index is 5.77. The number of unbranched alkanes of at least 4 members (excludes halogenated alkanes) is 3. The highest BCUT2D eigenvalue weighted by Gasteiger charge is 2.00. The molecule has 1 aromatic carbocycles. The van der Waals surface area contributed by atoms with E-state index in [2.05, 4.69) is 28.5 Å². The Labute approximate surface area is 141 Å². The van der Waals surface area contributed by atoms with E-state index in [0.717, 1.165) is 24.2 Å². The Balaban J connectivity index is 1.82. The van der Waals surface area contributed by atoms with Crippen LogP contribution in [0.1, 0.15) is 43.7 Å². The van der Waals surface area contributed by atoms with Gasteiger partial charge in [-0.2, -0.15) is 5.10 Å². The summed E-state index contributed by atoms with van der Waals surface area (Å²) in [5.74, 6) is 0.504. The summed E-state index contributed by atoms with van der Waals surface area (Å²) in [5, 5.41) is 6.68. The van der Waals surface area contributed by atoms with Crippen LogP contribution in [-0.2, 0) is 11.3 Å². The highest BCUT2D eigenvalue weighted by atomic mass is 32.1. The third kappa shape index (κ3) is 6.38. The quantitative estimate of drug-likeness (QED) is 0.387. The van der Waals surface area contributed by atoms with E-state index >= 15 is 0 Å². The second-order valence-electron chi connectivity index (χ2n) is 5.26. The molecule has 0 bridgehead atoms. The molecule has 0 saturated carbocycles. The molecule has 6 heteroatoms. The molecule has 0 radical (unpaired) electrons. The van der Waals surface area contributed by atoms with Gasteiger partial charge in [0.25, 0.3) is 0 Å². The van der Waals surface area contributed by atoms with Crippen LogP contribution in [0, 0.1) is 0 Å². The highest BCUT2D eigenvalue weighted by Crippen LogP contribution is 2.16. The molecule has 0 spiro atoms. The first-order valence-corrected chi connectivity index (χ1v) is 8.83. The van der Waals surface area contributed by atoms with Crippen LogP contribution in [0.4, 0.5) is 10.9 Å². The lowest BCUT2D eigenvalue weighted by Gasteiger charge is -2.07. The molecule has 0 saturated heterocycles. The zero-order valence-corrected chi connectivity index (χ0v) is 14.3. The number of thiazole rings is 1. The molecule has 3 N–H and O–H groups in total. The van der Waals surface area contributed by atoms with E-state index in [1.54, 1.807) is 11.6 Å². The van der Waals surface area contributed by atoms with Gasteiger partial charge in [-0.25, -0.2) is 4.98 Å². The number of nitrogens with two attached hydrogens (primary N) is 1. The fourth-order valence-electron chi connectivity index (χ4n) is 2.10. The standard InChI is InChI=1S/C17H24N4OS/c1-2-3-4-7-10-22-12-15-9-6-5-8-14(15)11-19-21-17-20-16(18)13-23-17/h5-6,8-9,11,13H,2-4,7,10,12,18H2,1H3,(H,20,21). The first-order valence-electron chi connectivity index (χ1n) is 7.95. The molecule has 1 aromatic heterocycles. The number of nitrogen functional groups attached to an aromatic ring is 1. The van der Waals surface area contributed by atoms with Gasteiger partial charge < -0.3 is 10.5 Å². The van der Waals surface area contributed by atoms with E-state index in [0.29, 0.717) is 17.6 Å². The van der Waals surface area contributed by atoms with Gasteiger partial charge in [0.05, 0.1) is 12.8 Å². The molecular weight excluding hydrogens is 308 g/mol. The number of hydrazone groups is 1. The Morgan fingerprint density at radius 3 is 2.96 bits per heavy atom. The second-order valence-corrected chi connectivity index (χ2v) is 6.12. The van der Waals surface area contributed by atoms with Gasteiger partial charge in [0.1, 0.15) is 5.82 Å². The van der Waals surface area contributed by atoms with Gasteiger partial charge in [0.2, 0.25) is 5.13 Å². The lowest BCUT2D eigenvalue weighted by Crippen LogP contribution is -2.00. The smallest absolute Gasteiger partial charge is 0.205 e. The fraction of sp³-hybridized carbons (Fsp3) is 0.412. The molecule has 1 heterocycles. The molecule has 0 amide bonds. The lowest BCUT2D eigenvalue weighted by molar-refractivity contribution is 0.116. The summed E-state index contributed by atoms with van der Waals surface area (Å²) < 4.78 is 5.77. The van der Waals surface area contributed by atoms with Crippen LogP contribution in [0.2, 0.25) is 0 Å². The molecule has 0 aliphatic heterocycles. The van der Waals surface area contributed by atoms with Gasteiger partial charge in [-0.1, -0.05) is 50.5 Å². The van der Waals surface area contributed by atoms with E-state index in [1.807, 2.05) is 18.2 Å².